The highest BCUT2D eigenvalue weighted by Crippen LogP contribution is 2.04. The first-order valence-electron chi connectivity index (χ1n) is 7.33. The first-order valence-corrected chi connectivity index (χ1v) is 8.98. The van der Waals surface area contributed by atoms with E-state index in [9.17, 15) is 8.42 Å². The van der Waals surface area contributed by atoms with Crippen molar-refractivity contribution in [2.24, 2.45) is 10.9 Å². The van der Waals surface area contributed by atoms with Gasteiger partial charge in [0.2, 0.25) is 10.0 Å². The van der Waals surface area contributed by atoms with Crippen LogP contribution < -0.4 is 15.4 Å². The highest BCUT2D eigenvalue weighted by molar-refractivity contribution is 7.89. The quantitative estimate of drug-likeness (QED) is 0.318. The lowest BCUT2D eigenvalue weighted by Crippen LogP contribution is -2.42. The van der Waals surface area contributed by atoms with Crippen molar-refractivity contribution in [3.05, 3.63) is 0 Å². The van der Waals surface area contributed by atoms with Crippen LogP contribution in [0.15, 0.2) is 4.99 Å². The number of aliphatic imine (C=N–C) groups is 1. The number of unbranched alkanes of at least 4 members (excludes halogenated alkanes) is 1. The Morgan fingerprint density at radius 3 is 2.30 bits per heavy atom. The molecule has 20 heavy (non-hydrogen) atoms. The minimum atomic E-state index is -3.11. The molecule has 0 atom stereocenters. The normalized spacial score (nSPS) is 12.8. The SMILES string of the molecule is CCS(=O)(=O)NCCNC(=NC)NCCCCC(C)C. The van der Waals surface area contributed by atoms with Crippen molar-refractivity contribution < 1.29 is 8.42 Å². The molecule has 3 N–H and O–H groups in total. The van der Waals surface area contributed by atoms with E-state index >= 15 is 0 Å². The maximum Gasteiger partial charge on any atom is 0.211 e. The fraction of sp³-hybridized carbons (Fsp3) is 0.923. The second kappa shape index (κ2) is 10.9. The van der Waals surface area contributed by atoms with Gasteiger partial charge in [0.15, 0.2) is 5.96 Å². The van der Waals surface area contributed by atoms with Crippen LogP contribution in [0.5, 0.6) is 0 Å². The molecule has 0 aromatic rings. The highest BCUT2D eigenvalue weighted by Gasteiger charge is 2.04. The number of hydrogen-bond donors (Lipinski definition) is 3. The molecule has 0 aromatic heterocycles. The molecule has 0 bridgehead atoms. The van der Waals surface area contributed by atoms with E-state index < -0.39 is 10.0 Å². The van der Waals surface area contributed by atoms with Crippen molar-refractivity contribution >= 4 is 16.0 Å². The fourth-order valence-corrected chi connectivity index (χ4v) is 2.21. The summed E-state index contributed by atoms with van der Waals surface area (Å²) in [7, 11) is -1.40. The van der Waals surface area contributed by atoms with Crippen molar-refractivity contribution in [1.29, 1.82) is 0 Å². The maximum atomic E-state index is 11.2. The third-order valence-electron chi connectivity index (χ3n) is 2.84. The monoisotopic (exact) mass is 306 g/mol. The molecule has 0 aliphatic heterocycles. The van der Waals surface area contributed by atoms with Gasteiger partial charge in [-0.05, 0) is 19.3 Å². The van der Waals surface area contributed by atoms with Gasteiger partial charge >= 0.3 is 0 Å². The Morgan fingerprint density at radius 1 is 1.10 bits per heavy atom. The molecular formula is C13H30N4O2S. The van der Waals surface area contributed by atoms with Crippen LogP contribution in [0.2, 0.25) is 0 Å². The standard InChI is InChI=1S/C13H30N4O2S/c1-5-20(18,19)17-11-10-16-13(14-4)15-9-7-6-8-12(2)3/h12,17H,5-11H2,1-4H3,(H2,14,15,16). The summed E-state index contributed by atoms with van der Waals surface area (Å²) in [4.78, 5) is 4.09. The predicted octanol–water partition coefficient (Wildman–Crippen LogP) is 0.917. The molecule has 120 valence electrons. The van der Waals surface area contributed by atoms with E-state index in [0.717, 1.165) is 18.9 Å². The van der Waals surface area contributed by atoms with Gasteiger partial charge in [0, 0.05) is 26.7 Å². The fourth-order valence-electron chi connectivity index (χ4n) is 1.59. The van der Waals surface area contributed by atoms with Gasteiger partial charge < -0.3 is 10.6 Å². The van der Waals surface area contributed by atoms with E-state index in [-0.39, 0.29) is 5.75 Å². The molecule has 0 aliphatic carbocycles. The molecule has 0 aromatic carbocycles. The van der Waals surface area contributed by atoms with Crippen LogP contribution in [-0.4, -0.2) is 46.8 Å². The van der Waals surface area contributed by atoms with Gasteiger partial charge in [-0.15, -0.1) is 0 Å². The zero-order valence-electron chi connectivity index (χ0n) is 13.2. The Labute approximate surface area is 123 Å². The van der Waals surface area contributed by atoms with E-state index in [1.54, 1.807) is 14.0 Å². The molecule has 0 radical (unpaired) electrons. The third-order valence-corrected chi connectivity index (χ3v) is 4.25. The Hall–Kier alpha value is -0.820. The lowest BCUT2D eigenvalue weighted by Gasteiger charge is -2.12. The second-order valence-electron chi connectivity index (χ2n) is 5.11. The summed E-state index contributed by atoms with van der Waals surface area (Å²) in [5.74, 6) is 1.57. The van der Waals surface area contributed by atoms with E-state index in [0.29, 0.717) is 19.0 Å². The van der Waals surface area contributed by atoms with Crippen LogP contribution in [-0.2, 0) is 10.0 Å². The van der Waals surface area contributed by atoms with E-state index in [1.165, 1.54) is 12.8 Å². The van der Waals surface area contributed by atoms with Gasteiger partial charge in [0.1, 0.15) is 0 Å². The van der Waals surface area contributed by atoms with Crippen molar-refractivity contribution in [1.82, 2.24) is 15.4 Å². The average Bonchev–Trinajstić information content (AvgIpc) is 2.40. The molecule has 0 unspecified atom stereocenters. The van der Waals surface area contributed by atoms with Gasteiger partial charge in [-0.25, -0.2) is 13.1 Å². The van der Waals surface area contributed by atoms with Crippen LogP contribution in [0, 0.1) is 5.92 Å². The number of sulfonamides is 1. The van der Waals surface area contributed by atoms with Gasteiger partial charge in [-0.2, -0.15) is 0 Å². The largest absolute Gasteiger partial charge is 0.356 e. The molecule has 0 fully saturated rings. The van der Waals surface area contributed by atoms with Crippen molar-refractivity contribution in [3.63, 3.8) is 0 Å². The molecule has 0 saturated carbocycles. The summed E-state index contributed by atoms with van der Waals surface area (Å²) in [5.41, 5.74) is 0. The predicted molar refractivity (Wildman–Crippen MR) is 85.5 cm³/mol. The molecule has 6 nitrogen and oxygen atoms in total. The van der Waals surface area contributed by atoms with Crippen molar-refractivity contribution in [3.8, 4) is 0 Å². The van der Waals surface area contributed by atoms with E-state index in [2.05, 4.69) is 34.2 Å². The smallest absolute Gasteiger partial charge is 0.211 e. The summed E-state index contributed by atoms with van der Waals surface area (Å²) >= 11 is 0. The van der Waals surface area contributed by atoms with Gasteiger partial charge in [0.25, 0.3) is 0 Å². The Bertz CT molecular complexity index is 367. The minimum Gasteiger partial charge on any atom is -0.356 e. The highest BCUT2D eigenvalue weighted by atomic mass is 32.2. The molecule has 0 spiro atoms. The van der Waals surface area contributed by atoms with Crippen LogP contribution in [0.4, 0.5) is 0 Å². The lowest BCUT2D eigenvalue weighted by atomic mass is 10.1. The number of nitrogens with zero attached hydrogens (tertiary/aromatic N) is 1. The number of guanidine groups is 1. The molecule has 0 aliphatic rings. The lowest BCUT2D eigenvalue weighted by molar-refractivity contribution is 0.534. The maximum absolute atomic E-state index is 11.2. The number of hydrogen-bond acceptors (Lipinski definition) is 3. The summed E-state index contributed by atoms with van der Waals surface area (Å²) in [6.07, 6.45) is 3.56. The first kappa shape index (κ1) is 19.2. The van der Waals surface area contributed by atoms with Crippen LogP contribution >= 0.6 is 0 Å². The summed E-state index contributed by atoms with van der Waals surface area (Å²) < 4.78 is 25.0. The van der Waals surface area contributed by atoms with Crippen LogP contribution in [0.3, 0.4) is 0 Å². The number of nitrogens with one attached hydrogen (secondary N) is 3. The van der Waals surface area contributed by atoms with E-state index in [1.807, 2.05) is 0 Å². The topological polar surface area (TPSA) is 82.6 Å². The Kier molecular flexibility index (Phi) is 10.5. The number of rotatable bonds is 10. The average molecular weight is 306 g/mol. The molecule has 7 heteroatoms. The van der Waals surface area contributed by atoms with Gasteiger partial charge in [0.05, 0.1) is 5.75 Å². The van der Waals surface area contributed by atoms with Gasteiger partial charge in [-0.3, -0.25) is 4.99 Å². The molecule has 0 amide bonds. The second-order valence-corrected chi connectivity index (χ2v) is 7.21. The van der Waals surface area contributed by atoms with Crippen LogP contribution in [0.1, 0.15) is 40.0 Å². The summed E-state index contributed by atoms with van der Waals surface area (Å²) in [6, 6.07) is 0. The molecule has 0 saturated heterocycles. The third kappa shape index (κ3) is 11.0. The van der Waals surface area contributed by atoms with Crippen LogP contribution in [0.25, 0.3) is 0 Å². The zero-order valence-corrected chi connectivity index (χ0v) is 14.0. The van der Waals surface area contributed by atoms with Crippen molar-refractivity contribution in [2.45, 2.75) is 40.0 Å². The molecule has 0 heterocycles. The van der Waals surface area contributed by atoms with Crippen molar-refractivity contribution in [2.75, 3.05) is 32.4 Å². The first-order chi connectivity index (χ1) is 9.41. The minimum absolute atomic E-state index is 0.107. The Morgan fingerprint density at radius 2 is 1.75 bits per heavy atom. The zero-order chi connectivity index (χ0) is 15.4. The molecular weight excluding hydrogens is 276 g/mol. The summed E-state index contributed by atoms with van der Waals surface area (Å²) in [6.45, 7) is 7.84. The Balaban J connectivity index is 3.68. The van der Waals surface area contributed by atoms with Gasteiger partial charge in [-0.1, -0.05) is 26.7 Å². The summed E-state index contributed by atoms with van der Waals surface area (Å²) in [5, 5.41) is 6.29. The van der Waals surface area contributed by atoms with E-state index in [4.69, 9.17) is 0 Å². The molecule has 0 rings (SSSR count).